The van der Waals surface area contributed by atoms with E-state index in [0.29, 0.717) is 10.9 Å². The van der Waals surface area contributed by atoms with Crippen molar-refractivity contribution >= 4 is 22.1 Å². The summed E-state index contributed by atoms with van der Waals surface area (Å²) in [5.41, 5.74) is 0. The SMILES string of the molecule is CCCCC(Br)CC=NC(C)C. The highest BCUT2D eigenvalue weighted by atomic mass is 79.9. The second-order valence-corrected chi connectivity index (χ2v) is 4.70. The van der Waals surface area contributed by atoms with Crippen LogP contribution in [0.15, 0.2) is 4.99 Å². The van der Waals surface area contributed by atoms with Gasteiger partial charge in [-0.1, -0.05) is 35.7 Å². The number of nitrogens with zero attached hydrogens (tertiary/aromatic N) is 1. The number of hydrogen-bond acceptors (Lipinski definition) is 1. The molecule has 0 rings (SSSR count). The summed E-state index contributed by atoms with van der Waals surface area (Å²) in [5, 5.41) is 0. The molecule has 12 heavy (non-hydrogen) atoms. The fourth-order valence-corrected chi connectivity index (χ4v) is 1.42. The van der Waals surface area contributed by atoms with Crippen molar-refractivity contribution in [1.29, 1.82) is 0 Å². The van der Waals surface area contributed by atoms with Gasteiger partial charge in [-0.2, -0.15) is 0 Å². The second kappa shape index (κ2) is 7.78. The summed E-state index contributed by atoms with van der Waals surface area (Å²) >= 11 is 3.64. The Bertz CT molecular complexity index is 121. The smallest absolute Gasteiger partial charge is 0.0439 e. The van der Waals surface area contributed by atoms with Gasteiger partial charge in [-0.15, -0.1) is 0 Å². The maximum absolute atomic E-state index is 4.32. The first-order chi connectivity index (χ1) is 5.66. The first kappa shape index (κ1) is 12.2. The summed E-state index contributed by atoms with van der Waals surface area (Å²) in [4.78, 5) is 4.94. The fourth-order valence-electron chi connectivity index (χ4n) is 0.930. The van der Waals surface area contributed by atoms with Crippen LogP contribution in [-0.4, -0.2) is 17.1 Å². The van der Waals surface area contributed by atoms with Gasteiger partial charge in [0, 0.05) is 17.1 Å². The van der Waals surface area contributed by atoms with Crippen molar-refractivity contribution in [2.45, 2.75) is 57.3 Å². The Kier molecular flexibility index (Phi) is 7.88. The zero-order valence-electron chi connectivity index (χ0n) is 8.39. The monoisotopic (exact) mass is 233 g/mol. The van der Waals surface area contributed by atoms with Gasteiger partial charge in [0.2, 0.25) is 0 Å². The Morgan fingerprint density at radius 2 is 2.08 bits per heavy atom. The molecule has 0 aliphatic heterocycles. The molecule has 1 unspecified atom stereocenters. The molecule has 2 heteroatoms. The van der Waals surface area contributed by atoms with Crippen LogP contribution in [0, 0.1) is 0 Å². The molecule has 0 radical (unpaired) electrons. The molecule has 1 atom stereocenters. The average Bonchev–Trinajstić information content (AvgIpc) is 2.00. The summed E-state index contributed by atoms with van der Waals surface area (Å²) in [6.45, 7) is 6.43. The van der Waals surface area contributed by atoms with Crippen LogP contribution in [-0.2, 0) is 0 Å². The molecule has 0 aromatic rings. The molecule has 0 spiro atoms. The second-order valence-electron chi connectivity index (χ2n) is 3.40. The van der Waals surface area contributed by atoms with E-state index in [1.54, 1.807) is 0 Å². The van der Waals surface area contributed by atoms with E-state index in [1.807, 2.05) is 6.21 Å². The van der Waals surface area contributed by atoms with Crippen LogP contribution in [0.5, 0.6) is 0 Å². The molecule has 1 nitrogen and oxygen atoms in total. The summed E-state index contributed by atoms with van der Waals surface area (Å²) < 4.78 is 0. The predicted molar refractivity (Wildman–Crippen MR) is 60.5 cm³/mol. The molecule has 0 N–H and O–H groups in total. The molecule has 0 saturated carbocycles. The third-order valence-corrected chi connectivity index (χ3v) is 2.47. The van der Waals surface area contributed by atoms with Gasteiger partial charge in [-0.05, 0) is 26.7 Å². The fraction of sp³-hybridized carbons (Fsp3) is 0.900. The van der Waals surface area contributed by atoms with Crippen LogP contribution in [0.2, 0.25) is 0 Å². The van der Waals surface area contributed by atoms with Crippen LogP contribution in [0.1, 0.15) is 46.5 Å². The van der Waals surface area contributed by atoms with E-state index in [-0.39, 0.29) is 0 Å². The molecule has 0 saturated heterocycles. The lowest BCUT2D eigenvalue weighted by atomic mass is 10.2. The van der Waals surface area contributed by atoms with Gasteiger partial charge in [0.05, 0.1) is 0 Å². The number of aliphatic imine (C=N–C) groups is 1. The summed E-state index contributed by atoms with van der Waals surface area (Å²) in [7, 11) is 0. The molecule has 72 valence electrons. The normalized spacial score (nSPS) is 14.4. The summed E-state index contributed by atoms with van der Waals surface area (Å²) in [5.74, 6) is 0. The van der Waals surface area contributed by atoms with Gasteiger partial charge in [0.25, 0.3) is 0 Å². The standard InChI is InChI=1S/C10H20BrN/c1-4-5-6-10(11)7-8-12-9(2)3/h8-10H,4-7H2,1-3H3. The minimum Gasteiger partial charge on any atom is -0.295 e. The molecule has 0 amide bonds. The zero-order valence-corrected chi connectivity index (χ0v) is 9.97. The molecular formula is C10H20BrN. The van der Waals surface area contributed by atoms with E-state index in [9.17, 15) is 0 Å². The Balaban J connectivity index is 3.36. The minimum atomic E-state index is 0.441. The predicted octanol–water partition coefficient (Wildman–Crippen LogP) is 3.81. The lowest BCUT2D eigenvalue weighted by molar-refractivity contribution is 0.702. The van der Waals surface area contributed by atoms with Crippen LogP contribution in [0.4, 0.5) is 0 Å². The summed E-state index contributed by atoms with van der Waals surface area (Å²) in [6, 6.07) is 0.441. The highest BCUT2D eigenvalue weighted by molar-refractivity contribution is 9.09. The summed E-state index contributed by atoms with van der Waals surface area (Å²) in [6.07, 6.45) is 6.97. The quantitative estimate of drug-likeness (QED) is 0.489. The number of rotatable bonds is 6. The van der Waals surface area contributed by atoms with Crippen molar-refractivity contribution in [2.24, 2.45) is 4.99 Å². The van der Waals surface area contributed by atoms with Gasteiger partial charge < -0.3 is 0 Å². The van der Waals surface area contributed by atoms with E-state index >= 15 is 0 Å². The van der Waals surface area contributed by atoms with E-state index in [1.165, 1.54) is 19.3 Å². The highest BCUT2D eigenvalue weighted by Crippen LogP contribution is 2.12. The van der Waals surface area contributed by atoms with E-state index in [4.69, 9.17) is 0 Å². The van der Waals surface area contributed by atoms with Gasteiger partial charge >= 0.3 is 0 Å². The van der Waals surface area contributed by atoms with Gasteiger partial charge in [-0.25, -0.2) is 0 Å². The van der Waals surface area contributed by atoms with Gasteiger partial charge in [0.15, 0.2) is 0 Å². The molecule has 0 bridgehead atoms. The molecule has 0 aliphatic carbocycles. The Morgan fingerprint density at radius 3 is 2.58 bits per heavy atom. The lowest BCUT2D eigenvalue weighted by Crippen LogP contribution is -1.99. The maximum atomic E-state index is 4.32. The molecular weight excluding hydrogens is 214 g/mol. The van der Waals surface area contributed by atoms with Crippen LogP contribution in [0.3, 0.4) is 0 Å². The van der Waals surface area contributed by atoms with Crippen molar-refractivity contribution in [3.63, 3.8) is 0 Å². The zero-order chi connectivity index (χ0) is 9.40. The van der Waals surface area contributed by atoms with Crippen LogP contribution >= 0.6 is 15.9 Å². The van der Waals surface area contributed by atoms with Gasteiger partial charge in [-0.3, -0.25) is 4.99 Å². The topological polar surface area (TPSA) is 12.4 Å². The maximum Gasteiger partial charge on any atom is 0.0439 e. The van der Waals surface area contributed by atoms with Crippen LogP contribution in [0.25, 0.3) is 0 Å². The first-order valence-corrected chi connectivity index (χ1v) is 5.74. The molecule has 0 aromatic heterocycles. The van der Waals surface area contributed by atoms with Crippen molar-refractivity contribution in [2.75, 3.05) is 0 Å². The number of unbranched alkanes of at least 4 members (excludes halogenated alkanes) is 1. The minimum absolute atomic E-state index is 0.441. The third-order valence-electron chi connectivity index (χ3n) is 1.64. The number of alkyl halides is 1. The molecule has 0 aromatic carbocycles. The van der Waals surface area contributed by atoms with E-state index in [2.05, 4.69) is 41.7 Å². The Morgan fingerprint density at radius 1 is 1.42 bits per heavy atom. The van der Waals surface area contributed by atoms with Crippen molar-refractivity contribution < 1.29 is 0 Å². The Hall–Kier alpha value is 0.150. The largest absolute Gasteiger partial charge is 0.295 e. The van der Waals surface area contributed by atoms with E-state index < -0.39 is 0 Å². The first-order valence-electron chi connectivity index (χ1n) is 4.82. The number of halogens is 1. The molecule has 0 aliphatic rings. The highest BCUT2D eigenvalue weighted by Gasteiger charge is 2.00. The van der Waals surface area contributed by atoms with Crippen molar-refractivity contribution in [3.8, 4) is 0 Å². The Labute approximate surface area is 84.8 Å². The average molecular weight is 234 g/mol. The lowest BCUT2D eigenvalue weighted by Gasteiger charge is -2.04. The van der Waals surface area contributed by atoms with E-state index in [0.717, 1.165) is 6.42 Å². The third kappa shape index (κ3) is 8.25. The molecule has 0 fully saturated rings. The molecule has 0 heterocycles. The van der Waals surface area contributed by atoms with Gasteiger partial charge in [0.1, 0.15) is 0 Å². The number of hydrogen-bond donors (Lipinski definition) is 0. The van der Waals surface area contributed by atoms with Crippen molar-refractivity contribution in [3.05, 3.63) is 0 Å². The van der Waals surface area contributed by atoms with Crippen LogP contribution < -0.4 is 0 Å². The van der Waals surface area contributed by atoms with Crippen molar-refractivity contribution in [1.82, 2.24) is 0 Å².